The smallest absolute Gasteiger partial charge is 0.286 e. The molecule has 1 saturated heterocycles. The third-order valence-electron chi connectivity index (χ3n) is 3.73. The highest BCUT2D eigenvalue weighted by atomic mass is 32.2. The summed E-state index contributed by atoms with van der Waals surface area (Å²) in [6, 6.07) is 6.81. The van der Waals surface area contributed by atoms with Gasteiger partial charge in [-0.1, -0.05) is 19.1 Å². The van der Waals surface area contributed by atoms with Crippen LogP contribution in [0.2, 0.25) is 0 Å². The highest BCUT2D eigenvalue weighted by Gasteiger charge is 2.28. The zero-order valence-electron chi connectivity index (χ0n) is 12.0. The van der Waals surface area contributed by atoms with Gasteiger partial charge in [0.05, 0.1) is 4.91 Å². The predicted octanol–water partition coefficient (Wildman–Crippen LogP) is 3.09. The van der Waals surface area contributed by atoms with Gasteiger partial charge in [0.1, 0.15) is 5.75 Å². The highest BCUT2D eigenvalue weighted by Crippen LogP contribution is 2.32. The number of piperidine rings is 1. The zero-order valence-corrected chi connectivity index (χ0v) is 12.8. The van der Waals surface area contributed by atoms with Crippen LogP contribution in [-0.2, 0) is 4.79 Å². The minimum Gasteiger partial charge on any atom is -0.508 e. The van der Waals surface area contributed by atoms with Gasteiger partial charge in [-0.25, -0.2) is 0 Å². The van der Waals surface area contributed by atoms with Crippen LogP contribution in [0.15, 0.2) is 34.2 Å². The van der Waals surface area contributed by atoms with E-state index >= 15 is 0 Å². The van der Waals surface area contributed by atoms with E-state index in [1.54, 1.807) is 24.3 Å². The van der Waals surface area contributed by atoms with Crippen LogP contribution in [0.3, 0.4) is 0 Å². The second kappa shape index (κ2) is 5.93. The molecule has 4 nitrogen and oxygen atoms in total. The number of phenolic OH excluding ortho intramolecular Hbond substituents is 1. The molecule has 2 heterocycles. The monoisotopic (exact) mass is 302 g/mol. The van der Waals surface area contributed by atoms with Crippen molar-refractivity contribution >= 4 is 28.9 Å². The Morgan fingerprint density at radius 3 is 2.86 bits per heavy atom. The summed E-state index contributed by atoms with van der Waals surface area (Å²) in [4.78, 5) is 19.1. The molecule has 21 heavy (non-hydrogen) atoms. The molecule has 2 aliphatic rings. The topological polar surface area (TPSA) is 52.9 Å². The summed E-state index contributed by atoms with van der Waals surface area (Å²) in [7, 11) is 0. The SMILES string of the molecule is C[C@H]1CCCN(C2=NC(=O)/C(=C/c3ccc(O)cc3)S2)C1. The van der Waals surface area contributed by atoms with Crippen molar-refractivity contribution in [1.82, 2.24) is 4.90 Å². The van der Waals surface area contributed by atoms with Crippen LogP contribution in [0.1, 0.15) is 25.3 Å². The van der Waals surface area contributed by atoms with Crippen LogP contribution in [-0.4, -0.2) is 34.2 Å². The summed E-state index contributed by atoms with van der Waals surface area (Å²) in [5.74, 6) is 0.713. The Labute approximate surface area is 128 Å². The molecule has 0 radical (unpaired) electrons. The van der Waals surface area contributed by atoms with Gasteiger partial charge in [0, 0.05) is 13.1 Å². The van der Waals surface area contributed by atoms with Gasteiger partial charge in [-0.15, -0.1) is 0 Å². The molecule has 110 valence electrons. The van der Waals surface area contributed by atoms with Crippen molar-refractivity contribution in [3.05, 3.63) is 34.7 Å². The molecule has 1 atom stereocenters. The number of hydrogen-bond donors (Lipinski definition) is 1. The Hall–Kier alpha value is -1.75. The maximum Gasteiger partial charge on any atom is 0.286 e. The van der Waals surface area contributed by atoms with E-state index in [-0.39, 0.29) is 11.7 Å². The number of likely N-dealkylation sites (tertiary alicyclic amines) is 1. The third-order valence-corrected chi connectivity index (χ3v) is 4.77. The lowest BCUT2D eigenvalue weighted by atomic mass is 10.0. The predicted molar refractivity (Wildman–Crippen MR) is 86.1 cm³/mol. The maximum absolute atomic E-state index is 12.0. The number of rotatable bonds is 1. The lowest BCUT2D eigenvalue weighted by Gasteiger charge is -2.31. The lowest BCUT2D eigenvalue weighted by Crippen LogP contribution is -2.37. The second-order valence-electron chi connectivity index (χ2n) is 5.60. The first-order valence-corrected chi connectivity index (χ1v) is 8.00. The molecule has 1 aromatic carbocycles. The Balaban J connectivity index is 1.73. The van der Waals surface area contributed by atoms with Gasteiger partial charge in [-0.3, -0.25) is 4.79 Å². The fourth-order valence-corrected chi connectivity index (χ4v) is 3.57. The normalized spacial score (nSPS) is 24.5. The van der Waals surface area contributed by atoms with Crippen LogP contribution in [0.5, 0.6) is 5.75 Å². The molecular weight excluding hydrogens is 284 g/mol. The van der Waals surface area contributed by atoms with Gasteiger partial charge < -0.3 is 10.0 Å². The molecule has 2 aliphatic heterocycles. The first-order valence-electron chi connectivity index (χ1n) is 7.18. The number of nitrogens with zero attached hydrogens (tertiary/aromatic N) is 2. The molecule has 1 amide bonds. The molecule has 1 fully saturated rings. The van der Waals surface area contributed by atoms with Gasteiger partial charge in [0.15, 0.2) is 5.17 Å². The summed E-state index contributed by atoms with van der Waals surface area (Å²) < 4.78 is 0. The summed E-state index contributed by atoms with van der Waals surface area (Å²) in [5, 5.41) is 10.1. The molecule has 0 unspecified atom stereocenters. The number of aromatic hydroxyl groups is 1. The van der Waals surface area contributed by atoms with Gasteiger partial charge in [-0.05, 0) is 54.3 Å². The van der Waals surface area contributed by atoms with E-state index in [9.17, 15) is 9.90 Å². The molecule has 0 aliphatic carbocycles. The Morgan fingerprint density at radius 2 is 2.14 bits per heavy atom. The van der Waals surface area contributed by atoms with E-state index in [4.69, 9.17) is 0 Å². The quantitative estimate of drug-likeness (QED) is 0.810. The standard InChI is InChI=1S/C16H18N2O2S/c1-11-3-2-8-18(10-11)16-17-15(20)14(21-16)9-12-4-6-13(19)7-5-12/h4-7,9,11,19H,2-3,8,10H2,1H3/b14-9-/t11-/m0/s1. The van der Waals surface area contributed by atoms with Crippen molar-refractivity contribution in [2.75, 3.05) is 13.1 Å². The average molecular weight is 302 g/mol. The lowest BCUT2D eigenvalue weighted by molar-refractivity contribution is -0.113. The van der Waals surface area contributed by atoms with Gasteiger partial charge in [0.25, 0.3) is 5.91 Å². The van der Waals surface area contributed by atoms with Gasteiger partial charge in [-0.2, -0.15) is 4.99 Å². The van der Waals surface area contributed by atoms with Crippen LogP contribution >= 0.6 is 11.8 Å². The summed E-state index contributed by atoms with van der Waals surface area (Å²) in [5.41, 5.74) is 0.895. The Morgan fingerprint density at radius 1 is 1.38 bits per heavy atom. The number of thioether (sulfide) groups is 1. The number of benzene rings is 1. The zero-order chi connectivity index (χ0) is 14.8. The molecule has 1 aromatic rings. The van der Waals surface area contributed by atoms with E-state index in [1.165, 1.54) is 18.2 Å². The summed E-state index contributed by atoms with van der Waals surface area (Å²) >= 11 is 1.45. The average Bonchev–Trinajstić information content (AvgIpc) is 2.83. The number of phenols is 1. The van der Waals surface area contributed by atoms with Crippen LogP contribution in [0.25, 0.3) is 6.08 Å². The van der Waals surface area contributed by atoms with E-state index < -0.39 is 0 Å². The van der Waals surface area contributed by atoms with E-state index in [2.05, 4.69) is 16.8 Å². The molecule has 0 spiro atoms. The number of carbonyl (C=O) groups is 1. The van der Waals surface area contributed by atoms with Crippen LogP contribution < -0.4 is 0 Å². The molecule has 0 bridgehead atoms. The van der Waals surface area contributed by atoms with Crippen molar-refractivity contribution < 1.29 is 9.90 Å². The van der Waals surface area contributed by atoms with Crippen molar-refractivity contribution in [2.24, 2.45) is 10.9 Å². The first-order chi connectivity index (χ1) is 10.1. The second-order valence-corrected chi connectivity index (χ2v) is 6.60. The summed E-state index contributed by atoms with van der Waals surface area (Å²) in [6.45, 7) is 4.20. The number of amidine groups is 1. The minimum absolute atomic E-state index is 0.165. The van der Waals surface area contributed by atoms with Crippen LogP contribution in [0.4, 0.5) is 0 Å². The first kappa shape index (κ1) is 14.2. The van der Waals surface area contributed by atoms with Gasteiger partial charge in [0.2, 0.25) is 0 Å². The Kier molecular flexibility index (Phi) is 4.01. The Bertz CT molecular complexity index is 607. The number of carbonyl (C=O) groups excluding carboxylic acids is 1. The third kappa shape index (κ3) is 3.29. The van der Waals surface area contributed by atoms with Gasteiger partial charge >= 0.3 is 0 Å². The van der Waals surface area contributed by atoms with E-state index in [0.717, 1.165) is 30.2 Å². The number of aliphatic imine (C=N–C) groups is 1. The summed E-state index contributed by atoms with van der Waals surface area (Å²) in [6.07, 6.45) is 4.24. The van der Waals surface area contributed by atoms with Crippen molar-refractivity contribution in [3.8, 4) is 5.75 Å². The molecule has 3 rings (SSSR count). The van der Waals surface area contributed by atoms with Crippen molar-refractivity contribution in [2.45, 2.75) is 19.8 Å². The fraction of sp³-hybridized carbons (Fsp3) is 0.375. The molecule has 0 saturated carbocycles. The number of amides is 1. The maximum atomic E-state index is 12.0. The van der Waals surface area contributed by atoms with E-state index in [1.807, 2.05) is 6.08 Å². The van der Waals surface area contributed by atoms with Crippen molar-refractivity contribution in [1.29, 1.82) is 0 Å². The van der Waals surface area contributed by atoms with E-state index in [0.29, 0.717) is 10.8 Å². The van der Waals surface area contributed by atoms with Crippen molar-refractivity contribution in [3.63, 3.8) is 0 Å². The fourth-order valence-electron chi connectivity index (χ4n) is 2.62. The molecule has 0 aromatic heterocycles. The van der Waals surface area contributed by atoms with Crippen LogP contribution in [0, 0.1) is 5.92 Å². The number of hydrogen-bond acceptors (Lipinski definition) is 4. The highest BCUT2D eigenvalue weighted by molar-refractivity contribution is 8.18. The molecule has 5 heteroatoms. The minimum atomic E-state index is -0.165. The molecule has 1 N–H and O–H groups in total. The largest absolute Gasteiger partial charge is 0.508 e. The molecular formula is C16H18N2O2S.